The maximum absolute atomic E-state index is 11.0. The average molecular weight is 203 g/mol. The van der Waals surface area contributed by atoms with Gasteiger partial charge in [0, 0.05) is 6.54 Å². The van der Waals surface area contributed by atoms with Crippen LogP contribution in [0.3, 0.4) is 0 Å². The number of hydrogen-bond donors (Lipinski definition) is 2. The second-order valence-electron chi connectivity index (χ2n) is 4.36. The molecule has 2 N–H and O–H groups in total. The first-order chi connectivity index (χ1) is 6.40. The highest BCUT2D eigenvalue weighted by molar-refractivity contribution is 5.67. The van der Waals surface area contributed by atoms with Gasteiger partial charge in [-0.1, -0.05) is 27.7 Å². The fourth-order valence-electron chi connectivity index (χ4n) is 0.693. The molecule has 0 spiro atoms. The van der Waals surface area contributed by atoms with Gasteiger partial charge in [0.1, 0.15) is 6.61 Å². The molecular weight excluding hydrogens is 182 g/mol. The summed E-state index contributed by atoms with van der Waals surface area (Å²) in [6.45, 7) is 8.89. The Morgan fingerprint density at radius 1 is 1.50 bits per heavy atom. The van der Waals surface area contributed by atoms with Gasteiger partial charge >= 0.3 is 6.09 Å². The van der Waals surface area contributed by atoms with Gasteiger partial charge in [-0.2, -0.15) is 0 Å². The molecule has 0 unspecified atom stereocenters. The normalized spacial score (nSPS) is 11.6. The number of ether oxygens (including phenoxy) is 1. The summed E-state index contributed by atoms with van der Waals surface area (Å²) < 4.78 is 4.67. The number of alkyl carbamates (subject to hydrolysis) is 1. The lowest BCUT2D eigenvalue weighted by molar-refractivity contribution is 0.113. The molecule has 0 aromatic heterocycles. The van der Waals surface area contributed by atoms with E-state index in [-0.39, 0.29) is 18.6 Å². The zero-order valence-electron chi connectivity index (χ0n) is 9.46. The highest BCUT2D eigenvalue weighted by Gasteiger charge is 2.22. The molecule has 0 saturated carbocycles. The van der Waals surface area contributed by atoms with Crippen molar-refractivity contribution in [1.29, 1.82) is 0 Å². The Morgan fingerprint density at radius 2 is 2.07 bits per heavy atom. The van der Waals surface area contributed by atoms with Crippen LogP contribution in [-0.2, 0) is 4.74 Å². The van der Waals surface area contributed by atoms with Gasteiger partial charge in [-0.3, -0.25) is 0 Å². The third-order valence-corrected chi connectivity index (χ3v) is 2.58. The molecule has 0 aliphatic carbocycles. The molecule has 4 heteroatoms. The molecular formula is C10H21NO3. The SMILES string of the molecule is CC(C)C(C)(C)CNC(=O)OCCO. The number of aliphatic hydroxyl groups excluding tert-OH is 1. The van der Waals surface area contributed by atoms with Crippen LogP contribution in [0.25, 0.3) is 0 Å². The number of nitrogens with one attached hydrogen (secondary N) is 1. The third kappa shape index (κ3) is 5.07. The van der Waals surface area contributed by atoms with E-state index in [1.165, 1.54) is 0 Å². The van der Waals surface area contributed by atoms with Gasteiger partial charge in [0.05, 0.1) is 6.61 Å². The van der Waals surface area contributed by atoms with Crippen LogP contribution in [0.15, 0.2) is 0 Å². The van der Waals surface area contributed by atoms with E-state index in [1.54, 1.807) is 0 Å². The third-order valence-electron chi connectivity index (χ3n) is 2.58. The van der Waals surface area contributed by atoms with Gasteiger partial charge < -0.3 is 15.2 Å². The molecule has 0 aliphatic rings. The van der Waals surface area contributed by atoms with Crippen molar-refractivity contribution in [3.8, 4) is 0 Å². The molecule has 0 fully saturated rings. The van der Waals surface area contributed by atoms with Crippen LogP contribution in [0.2, 0.25) is 0 Å². The fraction of sp³-hybridized carbons (Fsp3) is 0.900. The van der Waals surface area contributed by atoms with Crippen LogP contribution in [0, 0.1) is 11.3 Å². The van der Waals surface area contributed by atoms with Crippen molar-refractivity contribution in [2.45, 2.75) is 27.7 Å². The Morgan fingerprint density at radius 3 is 2.50 bits per heavy atom. The van der Waals surface area contributed by atoms with E-state index in [0.29, 0.717) is 12.5 Å². The Kier molecular flexibility index (Phi) is 5.53. The van der Waals surface area contributed by atoms with E-state index in [2.05, 4.69) is 37.7 Å². The summed E-state index contributed by atoms with van der Waals surface area (Å²) in [6.07, 6.45) is -0.465. The minimum absolute atomic E-state index is 0.0495. The highest BCUT2D eigenvalue weighted by Crippen LogP contribution is 2.24. The molecule has 0 heterocycles. The molecule has 0 aliphatic heterocycles. The molecule has 0 radical (unpaired) electrons. The first kappa shape index (κ1) is 13.2. The molecule has 1 amide bonds. The van der Waals surface area contributed by atoms with E-state index in [1.807, 2.05) is 0 Å². The van der Waals surface area contributed by atoms with Gasteiger partial charge in [-0.25, -0.2) is 4.79 Å². The lowest BCUT2D eigenvalue weighted by Gasteiger charge is -2.29. The van der Waals surface area contributed by atoms with Crippen LogP contribution in [0.1, 0.15) is 27.7 Å². The van der Waals surface area contributed by atoms with Crippen molar-refractivity contribution >= 4 is 6.09 Å². The minimum atomic E-state index is -0.465. The predicted octanol–water partition coefficient (Wildman–Crippen LogP) is 1.39. The number of rotatable bonds is 5. The monoisotopic (exact) mass is 203 g/mol. The molecule has 4 nitrogen and oxygen atoms in total. The summed E-state index contributed by atoms with van der Waals surface area (Å²) in [5.41, 5.74) is 0.0538. The summed E-state index contributed by atoms with van der Waals surface area (Å²) in [5, 5.41) is 11.1. The molecule has 0 rings (SSSR count). The van der Waals surface area contributed by atoms with Crippen molar-refractivity contribution in [1.82, 2.24) is 5.32 Å². The first-order valence-corrected chi connectivity index (χ1v) is 4.91. The second kappa shape index (κ2) is 5.86. The molecule has 14 heavy (non-hydrogen) atoms. The molecule has 0 aromatic carbocycles. The van der Waals surface area contributed by atoms with Crippen LogP contribution in [-0.4, -0.2) is 31.0 Å². The van der Waals surface area contributed by atoms with Crippen LogP contribution in [0.4, 0.5) is 4.79 Å². The minimum Gasteiger partial charge on any atom is -0.447 e. The summed E-state index contributed by atoms with van der Waals surface area (Å²) in [4.78, 5) is 11.0. The smallest absolute Gasteiger partial charge is 0.407 e. The van der Waals surface area contributed by atoms with E-state index in [4.69, 9.17) is 5.11 Å². The summed E-state index contributed by atoms with van der Waals surface area (Å²) in [5.74, 6) is 0.487. The van der Waals surface area contributed by atoms with Gasteiger partial charge in [-0.05, 0) is 11.3 Å². The number of carbonyl (C=O) groups excluding carboxylic acids is 1. The van der Waals surface area contributed by atoms with Crippen LogP contribution < -0.4 is 5.32 Å². The van der Waals surface area contributed by atoms with Crippen molar-refractivity contribution < 1.29 is 14.6 Å². The zero-order chi connectivity index (χ0) is 11.2. The van der Waals surface area contributed by atoms with E-state index >= 15 is 0 Å². The average Bonchev–Trinajstić information content (AvgIpc) is 2.11. The number of carbonyl (C=O) groups is 1. The molecule has 0 bridgehead atoms. The zero-order valence-corrected chi connectivity index (χ0v) is 9.46. The van der Waals surface area contributed by atoms with E-state index < -0.39 is 6.09 Å². The maximum Gasteiger partial charge on any atom is 0.407 e. The first-order valence-electron chi connectivity index (χ1n) is 4.91. The van der Waals surface area contributed by atoms with Crippen molar-refractivity contribution in [2.24, 2.45) is 11.3 Å². The van der Waals surface area contributed by atoms with Gasteiger partial charge in [0.2, 0.25) is 0 Å². The lowest BCUT2D eigenvalue weighted by atomic mass is 9.81. The maximum atomic E-state index is 11.0. The van der Waals surface area contributed by atoms with E-state index in [0.717, 1.165) is 0 Å². The van der Waals surface area contributed by atoms with Crippen molar-refractivity contribution in [3.05, 3.63) is 0 Å². The Balaban J connectivity index is 3.76. The molecule has 0 aromatic rings. The Bertz CT molecular complexity index is 178. The topological polar surface area (TPSA) is 58.6 Å². The Hall–Kier alpha value is -0.770. The van der Waals surface area contributed by atoms with Gasteiger partial charge in [-0.15, -0.1) is 0 Å². The lowest BCUT2D eigenvalue weighted by Crippen LogP contribution is -2.37. The number of hydrogen-bond acceptors (Lipinski definition) is 3. The van der Waals surface area contributed by atoms with Gasteiger partial charge in [0.25, 0.3) is 0 Å². The summed E-state index contributed by atoms with van der Waals surface area (Å²) in [6, 6.07) is 0. The number of amides is 1. The van der Waals surface area contributed by atoms with Crippen molar-refractivity contribution in [2.75, 3.05) is 19.8 Å². The highest BCUT2D eigenvalue weighted by atomic mass is 16.6. The fourth-order valence-corrected chi connectivity index (χ4v) is 0.693. The van der Waals surface area contributed by atoms with E-state index in [9.17, 15) is 4.79 Å². The molecule has 0 saturated heterocycles. The Labute approximate surface area is 85.6 Å². The molecule has 84 valence electrons. The number of aliphatic hydroxyl groups is 1. The van der Waals surface area contributed by atoms with Crippen LogP contribution >= 0.6 is 0 Å². The van der Waals surface area contributed by atoms with Crippen molar-refractivity contribution in [3.63, 3.8) is 0 Å². The van der Waals surface area contributed by atoms with Crippen LogP contribution in [0.5, 0.6) is 0 Å². The standard InChI is InChI=1S/C10H21NO3/c1-8(2)10(3,4)7-11-9(13)14-6-5-12/h8,12H,5-7H2,1-4H3,(H,11,13). The summed E-state index contributed by atoms with van der Waals surface area (Å²) in [7, 11) is 0. The summed E-state index contributed by atoms with van der Waals surface area (Å²) >= 11 is 0. The van der Waals surface area contributed by atoms with Gasteiger partial charge in [0.15, 0.2) is 0 Å². The predicted molar refractivity (Wildman–Crippen MR) is 55.1 cm³/mol. The quantitative estimate of drug-likeness (QED) is 0.709. The molecule has 0 atom stereocenters. The second-order valence-corrected chi connectivity index (χ2v) is 4.36. The largest absolute Gasteiger partial charge is 0.447 e.